The molecule has 0 fully saturated rings. The number of anilines is 1. The van der Waals surface area contributed by atoms with Crippen LogP contribution >= 0.6 is 0 Å². The summed E-state index contributed by atoms with van der Waals surface area (Å²) in [7, 11) is 0. The van der Waals surface area contributed by atoms with Crippen molar-refractivity contribution in [1.82, 2.24) is 5.43 Å². The first-order chi connectivity index (χ1) is 10.3. The van der Waals surface area contributed by atoms with E-state index in [9.17, 15) is 9.18 Å². The maximum absolute atomic E-state index is 14.3. The van der Waals surface area contributed by atoms with Crippen LogP contribution in [0.5, 0.6) is 0 Å². The highest BCUT2D eigenvalue weighted by Gasteiger charge is 2.30. The van der Waals surface area contributed by atoms with E-state index in [1.54, 1.807) is 6.07 Å². The third kappa shape index (κ3) is 2.95. The number of fused-ring (bicyclic) bond motifs is 1. The molecule has 0 saturated carbocycles. The summed E-state index contributed by atoms with van der Waals surface area (Å²) in [5, 5.41) is 3.62. The largest absolute Gasteiger partial charge is 0.363 e. The first kappa shape index (κ1) is 16.0. The summed E-state index contributed by atoms with van der Waals surface area (Å²) in [5.41, 5.74) is 10.0. The molecule has 1 aliphatic rings. The Balaban J connectivity index is 2.49. The number of urea groups is 1. The highest BCUT2D eigenvalue weighted by Crippen LogP contribution is 2.39. The van der Waals surface area contributed by atoms with E-state index in [0.717, 1.165) is 23.4 Å². The Morgan fingerprint density at radius 2 is 2.18 bits per heavy atom. The Bertz CT molecular complexity index is 664. The summed E-state index contributed by atoms with van der Waals surface area (Å²) >= 11 is 0. The van der Waals surface area contributed by atoms with Gasteiger partial charge in [-0.25, -0.2) is 14.6 Å². The van der Waals surface area contributed by atoms with E-state index in [2.05, 4.69) is 35.4 Å². The monoisotopic (exact) mass is 304 g/mol. The van der Waals surface area contributed by atoms with Gasteiger partial charge in [-0.2, -0.15) is 5.10 Å². The predicted octanol–water partition coefficient (Wildman–Crippen LogP) is 2.85. The number of nitrogens with one attached hydrogen (secondary N) is 1. The van der Waals surface area contributed by atoms with Crippen molar-refractivity contribution in [2.24, 2.45) is 10.8 Å². The average molecular weight is 304 g/mol. The Labute approximate surface area is 129 Å². The Kier molecular flexibility index (Phi) is 4.21. The molecule has 22 heavy (non-hydrogen) atoms. The number of hydrazone groups is 1. The van der Waals surface area contributed by atoms with Gasteiger partial charge in [0.1, 0.15) is 5.82 Å². The summed E-state index contributed by atoms with van der Waals surface area (Å²) < 4.78 is 14.3. The van der Waals surface area contributed by atoms with Crippen molar-refractivity contribution in [3.8, 4) is 0 Å². The lowest BCUT2D eigenvalue weighted by Gasteiger charge is -2.42. The molecule has 0 spiro atoms. The maximum atomic E-state index is 14.3. The average Bonchev–Trinajstić information content (AvgIpc) is 2.39. The molecule has 2 rings (SSSR count). The zero-order valence-electron chi connectivity index (χ0n) is 13.3. The standard InChI is InChI=1S/C16H21FN4O/c1-5-21-14-7-13(17)11(9-19-20-15(18)22)6-12(14)10(2)8-16(21,3)4/h6-9H,5H2,1-4H3,(H3,18,20,22)/b19-9-. The van der Waals surface area contributed by atoms with Gasteiger partial charge in [0.25, 0.3) is 0 Å². The third-order valence-electron chi connectivity index (χ3n) is 3.79. The molecule has 0 aromatic heterocycles. The fraction of sp³-hybridized carbons (Fsp3) is 0.375. The Morgan fingerprint density at radius 3 is 2.77 bits per heavy atom. The second-order valence-corrected chi connectivity index (χ2v) is 5.85. The van der Waals surface area contributed by atoms with E-state index >= 15 is 0 Å². The number of primary amides is 1. The zero-order chi connectivity index (χ0) is 16.5. The number of hydrogen-bond donors (Lipinski definition) is 2. The summed E-state index contributed by atoms with van der Waals surface area (Å²) in [6.07, 6.45) is 3.42. The molecule has 1 aromatic carbocycles. The third-order valence-corrected chi connectivity index (χ3v) is 3.79. The van der Waals surface area contributed by atoms with E-state index in [1.165, 1.54) is 12.3 Å². The topological polar surface area (TPSA) is 70.7 Å². The number of hydrogen-bond acceptors (Lipinski definition) is 3. The molecule has 1 aliphatic heterocycles. The lowest BCUT2D eigenvalue weighted by molar-refractivity contribution is 0.249. The van der Waals surface area contributed by atoms with E-state index < -0.39 is 11.8 Å². The van der Waals surface area contributed by atoms with Crippen LogP contribution in [-0.4, -0.2) is 24.3 Å². The van der Waals surface area contributed by atoms with Crippen LogP contribution in [0.1, 0.15) is 38.8 Å². The van der Waals surface area contributed by atoms with Crippen LogP contribution in [0.15, 0.2) is 23.3 Å². The molecule has 0 unspecified atom stereocenters. The molecule has 0 aliphatic carbocycles. The van der Waals surface area contributed by atoms with Gasteiger partial charge >= 0.3 is 6.03 Å². The van der Waals surface area contributed by atoms with E-state index in [4.69, 9.17) is 5.73 Å². The predicted molar refractivity (Wildman–Crippen MR) is 87.5 cm³/mol. The minimum absolute atomic E-state index is 0.165. The van der Waals surface area contributed by atoms with E-state index in [1.807, 2.05) is 13.8 Å². The van der Waals surface area contributed by atoms with Gasteiger partial charge in [0.15, 0.2) is 0 Å². The zero-order valence-corrected chi connectivity index (χ0v) is 13.3. The smallest absolute Gasteiger partial charge is 0.332 e. The molecule has 2 amide bonds. The molecular formula is C16H21FN4O. The number of benzene rings is 1. The Hall–Kier alpha value is -2.37. The van der Waals surface area contributed by atoms with Gasteiger partial charge in [-0.05, 0) is 45.4 Å². The van der Waals surface area contributed by atoms with Crippen LogP contribution in [-0.2, 0) is 0 Å². The number of allylic oxidation sites excluding steroid dienone is 1. The Morgan fingerprint density at radius 1 is 1.50 bits per heavy atom. The minimum atomic E-state index is -0.787. The fourth-order valence-electron chi connectivity index (χ4n) is 2.96. The van der Waals surface area contributed by atoms with Gasteiger partial charge in [-0.1, -0.05) is 6.08 Å². The molecule has 3 N–H and O–H groups in total. The van der Waals surface area contributed by atoms with Gasteiger partial charge in [-0.3, -0.25) is 0 Å². The number of carbonyl (C=O) groups is 1. The highest BCUT2D eigenvalue weighted by molar-refractivity contribution is 5.88. The van der Waals surface area contributed by atoms with Gasteiger partial charge in [0.05, 0.1) is 11.8 Å². The minimum Gasteiger partial charge on any atom is -0.363 e. The van der Waals surface area contributed by atoms with Crippen molar-refractivity contribution in [3.63, 3.8) is 0 Å². The first-order valence-electron chi connectivity index (χ1n) is 7.15. The van der Waals surface area contributed by atoms with Gasteiger partial charge in [0, 0.05) is 23.4 Å². The van der Waals surface area contributed by atoms with Crippen molar-refractivity contribution >= 4 is 23.5 Å². The van der Waals surface area contributed by atoms with Crippen LogP contribution < -0.4 is 16.1 Å². The quantitative estimate of drug-likeness (QED) is 0.666. The molecule has 1 heterocycles. The summed E-state index contributed by atoms with van der Waals surface area (Å²) in [6, 6.07) is 2.47. The van der Waals surface area contributed by atoms with Gasteiger partial charge in [-0.15, -0.1) is 0 Å². The van der Waals surface area contributed by atoms with Crippen LogP contribution in [0.4, 0.5) is 14.9 Å². The molecule has 0 atom stereocenters. The van der Waals surface area contributed by atoms with E-state index in [-0.39, 0.29) is 5.54 Å². The first-order valence-corrected chi connectivity index (χ1v) is 7.15. The second-order valence-electron chi connectivity index (χ2n) is 5.85. The lowest BCUT2D eigenvalue weighted by atomic mass is 9.88. The highest BCUT2D eigenvalue weighted by atomic mass is 19.1. The van der Waals surface area contributed by atoms with Crippen LogP contribution in [0, 0.1) is 5.82 Å². The van der Waals surface area contributed by atoms with Crippen LogP contribution in [0.2, 0.25) is 0 Å². The van der Waals surface area contributed by atoms with Crippen LogP contribution in [0.3, 0.4) is 0 Å². The summed E-state index contributed by atoms with van der Waals surface area (Å²) in [5.74, 6) is -0.391. The lowest BCUT2D eigenvalue weighted by Crippen LogP contribution is -2.45. The molecule has 0 radical (unpaired) electrons. The number of nitrogens with zero attached hydrogens (tertiary/aromatic N) is 2. The SMILES string of the molecule is CCN1c2cc(F)c(/C=N\NC(N)=O)cc2C(C)=CC1(C)C. The number of carbonyl (C=O) groups excluding carboxylic acids is 1. The number of likely N-dealkylation sites (N-methyl/N-ethyl adjacent to an activating group) is 1. The van der Waals surface area contributed by atoms with Crippen molar-refractivity contribution in [2.45, 2.75) is 33.2 Å². The number of amides is 2. The fourth-order valence-corrected chi connectivity index (χ4v) is 2.96. The molecular weight excluding hydrogens is 283 g/mol. The normalized spacial score (nSPS) is 16.4. The van der Waals surface area contributed by atoms with Gasteiger partial charge < -0.3 is 10.6 Å². The molecule has 5 nitrogen and oxygen atoms in total. The summed E-state index contributed by atoms with van der Waals surface area (Å²) in [6.45, 7) is 9.04. The van der Waals surface area contributed by atoms with Crippen molar-refractivity contribution in [1.29, 1.82) is 0 Å². The molecule has 0 saturated heterocycles. The van der Waals surface area contributed by atoms with Crippen molar-refractivity contribution in [3.05, 3.63) is 35.2 Å². The molecule has 6 heteroatoms. The molecule has 0 bridgehead atoms. The number of nitrogens with two attached hydrogens (primary N) is 1. The van der Waals surface area contributed by atoms with Crippen molar-refractivity contribution in [2.75, 3.05) is 11.4 Å². The van der Waals surface area contributed by atoms with Gasteiger partial charge in [0.2, 0.25) is 0 Å². The number of rotatable bonds is 3. The number of halogens is 1. The van der Waals surface area contributed by atoms with Crippen LogP contribution in [0.25, 0.3) is 5.57 Å². The van der Waals surface area contributed by atoms with E-state index in [0.29, 0.717) is 5.56 Å². The molecule has 118 valence electrons. The molecule has 1 aromatic rings. The second kappa shape index (κ2) is 5.79. The van der Waals surface area contributed by atoms with Crippen molar-refractivity contribution < 1.29 is 9.18 Å². The maximum Gasteiger partial charge on any atom is 0.332 e. The summed E-state index contributed by atoms with van der Waals surface area (Å²) in [4.78, 5) is 12.8.